The predicted molar refractivity (Wildman–Crippen MR) is 80.4 cm³/mol. The van der Waals surface area contributed by atoms with Gasteiger partial charge in [0.25, 0.3) is 0 Å². The largest absolute Gasteiger partial charge is 0.399 e. The van der Waals surface area contributed by atoms with Gasteiger partial charge in [-0.15, -0.1) is 0 Å². The van der Waals surface area contributed by atoms with Crippen molar-refractivity contribution in [3.63, 3.8) is 0 Å². The summed E-state index contributed by atoms with van der Waals surface area (Å²) in [5.41, 5.74) is 5.74. The zero-order valence-electron chi connectivity index (χ0n) is 10.8. The van der Waals surface area contributed by atoms with Gasteiger partial charge in [-0.1, -0.05) is 23.2 Å². The van der Waals surface area contributed by atoms with Crippen molar-refractivity contribution in [1.82, 2.24) is 4.31 Å². The molecule has 6 nitrogen and oxygen atoms in total. The fraction of sp³-hybridized carbons (Fsp3) is 0.400. The molecule has 2 N–H and O–H groups in total. The van der Waals surface area contributed by atoms with Crippen LogP contribution in [0, 0.1) is 0 Å². The highest BCUT2D eigenvalue weighted by molar-refractivity contribution is 7.91. The standard InChI is InChI=1S/C10H14Cl2N2O4S2/c1-14(3-4-19(2,15)16)20(17,18)10-8(11)5-7(13)6-9(10)12/h5-6H,3-4,13H2,1-2H3. The Balaban J connectivity index is 3.18. The van der Waals surface area contributed by atoms with Crippen molar-refractivity contribution in [2.24, 2.45) is 0 Å². The average Bonchev–Trinajstić information content (AvgIpc) is 2.22. The van der Waals surface area contributed by atoms with Gasteiger partial charge in [0.05, 0.1) is 15.8 Å². The Hall–Kier alpha value is -0.540. The number of sulfone groups is 1. The van der Waals surface area contributed by atoms with Crippen LogP contribution in [-0.4, -0.2) is 46.7 Å². The topological polar surface area (TPSA) is 97.5 Å². The minimum absolute atomic E-state index is 0.110. The lowest BCUT2D eigenvalue weighted by atomic mass is 10.3. The number of nitrogens with two attached hydrogens (primary N) is 1. The van der Waals surface area contributed by atoms with E-state index in [1.807, 2.05) is 0 Å². The minimum atomic E-state index is -3.99. The summed E-state index contributed by atoms with van der Waals surface area (Å²) in [6.45, 7) is -0.196. The van der Waals surface area contributed by atoms with Gasteiger partial charge >= 0.3 is 0 Å². The molecule has 0 amide bonds. The van der Waals surface area contributed by atoms with Gasteiger partial charge in [-0.05, 0) is 12.1 Å². The van der Waals surface area contributed by atoms with E-state index in [1.54, 1.807) is 0 Å². The van der Waals surface area contributed by atoms with E-state index in [0.29, 0.717) is 0 Å². The van der Waals surface area contributed by atoms with E-state index in [-0.39, 0.29) is 32.9 Å². The normalized spacial score (nSPS) is 12.8. The van der Waals surface area contributed by atoms with E-state index in [4.69, 9.17) is 28.9 Å². The lowest BCUT2D eigenvalue weighted by Crippen LogP contribution is -2.31. The molecule has 0 fully saturated rings. The molecule has 0 spiro atoms. The predicted octanol–water partition coefficient (Wildman–Crippen LogP) is 1.24. The van der Waals surface area contributed by atoms with Gasteiger partial charge in [-0.25, -0.2) is 16.8 Å². The molecular weight excluding hydrogens is 347 g/mol. The Kier molecular flexibility index (Phi) is 5.31. The molecule has 0 aromatic heterocycles. The van der Waals surface area contributed by atoms with Crippen LogP contribution >= 0.6 is 23.2 Å². The second kappa shape index (κ2) is 6.07. The Morgan fingerprint density at radius 2 is 1.60 bits per heavy atom. The fourth-order valence-electron chi connectivity index (χ4n) is 1.40. The van der Waals surface area contributed by atoms with Crippen molar-refractivity contribution in [2.75, 3.05) is 31.3 Å². The molecule has 0 saturated carbocycles. The number of nitrogens with zero attached hydrogens (tertiary/aromatic N) is 1. The summed E-state index contributed by atoms with van der Waals surface area (Å²) in [4.78, 5) is -0.286. The summed E-state index contributed by atoms with van der Waals surface area (Å²) in [5.74, 6) is -0.299. The molecule has 1 rings (SSSR count). The first kappa shape index (κ1) is 17.5. The monoisotopic (exact) mass is 360 g/mol. The number of rotatable bonds is 5. The number of hydrogen-bond donors (Lipinski definition) is 1. The second-order valence-corrected chi connectivity index (χ2v) is 9.33. The van der Waals surface area contributed by atoms with Gasteiger partial charge in [0.1, 0.15) is 14.7 Å². The van der Waals surface area contributed by atoms with Crippen LogP contribution in [0.4, 0.5) is 5.69 Å². The van der Waals surface area contributed by atoms with E-state index in [0.717, 1.165) is 10.6 Å². The average molecular weight is 361 g/mol. The van der Waals surface area contributed by atoms with E-state index in [1.165, 1.54) is 19.2 Å². The number of sulfonamides is 1. The maximum absolute atomic E-state index is 12.3. The molecule has 0 unspecified atom stereocenters. The first-order valence-electron chi connectivity index (χ1n) is 5.34. The molecule has 1 aromatic carbocycles. The van der Waals surface area contributed by atoms with E-state index >= 15 is 0 Å². The third-order valence-corrected chi connectivity index (χ3v) is 6.17. The molecule has 0 heterocycles. The number of benzene rings is 1. The number of hydrogen-bond acceptors (Lipinski definition) is 5. The minimum Gasteiger partial charge on any atom is -0.399 e. The van der Waals surface area contributed by atoms with Crippen LogP contribution in [0.25, 0.3) is 0 Å². The van der Waals surface area contributed by atoms with Crippen LogP contribution in [-0.2, 0) is 19.9 Å². The molecule has 0 atom stereocenters. The lowest BCUT2D eigenvalue weighted by Gasteiger charge is -2.18. The van der Waals surface area contributed by atoms with E-state index in [2.05, 4.69) is 0 Å². The van der Waals surface area contributed by atoms with Crippen LogP contribution in [0.2, 0.25) is 10.0 Å². The first-order chi connectivity index (χ1) is 8.95. The quantitative estimate of drug-likeness (QED) is 0.796. The number of nitrogen functional groups attached to an aromatic ring is 1. The van der Waals surface area contributed by atoms with Crippen molar-refractivity contribution in [3.05, 3.63) is 22.2 Å². The molecule has 20 heavy (non-hydrogen) atoms. The summed E-state index contributed by atoms with van der Waals surface area (Å²) >= 11 is 11.7. The van der Waals surface area contributed by atoms with Gasteiger partial charge in [0.2, 0.25) is 10.0 Å². The molecule has 0 saturated heterocycles. The highest BCUT2D eigenvalue weighted by atomic mass is 35.5. The molecule has 114 valence electrons. The number of halogens is 2. The Bertz CT molecular complexity index is 694. The van der Waals surface area contributed by atoms with E-state index < -0.39 is 19.9 Å². The Labute approximate surface area is 128 Å². The van der Waals surface area contributed by atoms with Crippen LogP contribution in [0.15, 0.2) is 17.0 Å². The van der Waals surface area contributed by atoms with Crippen molar-refractivity contribution in [3.8, 4) is 0 Å². The highest BCUT2D eigenvalue weighted by Gasteiger charge is 2.27. The van der Waals surface area contributed by atoms with Crippen LogP contribution < -0.4 is 5.73 Å². The third-order valence-electron chi connectivity index (χ3n) is 2.47. The smallest absolute Gasteiger partial charge is 0.245 e. The Morgan fingerprint density at radius 3 is 2.00 bits per heavy atom. The van der Waals surface area contributed by atoms with Crippen molar-refractivity contribution < 1.29 is 16.8 Å². The molecule has 0 aliphatic heterocycles. The van der Waals surface area contributed by atoms with Gasteiger partial charge in [-0.3, -0.25) is 0 Å². The zero-order chi connectivity index (χ0) is 15.7. The molecule has 10 heteroatoms. The number of anilines is 1. The van der Waals surface area contributed by atoms with Crippen molar-refractivity contribution in [1.29, 1.82) is 0 Å². The van der Waals surface area contributed by atoms with Crippen molar-refractivity contribution in [2.45, 2.75) is 4.90 Å². The van der Waals surface area contributed by atoms with E-state index in [9.17, 15) is 16.8 Å². The summed E-state index contributed by atoms with van der Waals surface area (Å²) in [6, 6.07) is 2.54. The maximum Gasteiger partial charge on any atom is 0.245 e. The molecule has 0 aliphatic rings. The van der Waals surface area contributed by atoms with Crippen molar-refractivity contribution >= 4 is 48.7 Å². The SMILES string of the molecule is CN(CCS(C)(=O)=O)S(=O)(=O)c1c(Cl)cc(N)cc1Cl. The zero-order valence-corrected chi connectivity index (χ0v) is 13.9. The molecule has 1 aromatic rings. The molecule has 0 bridgehead atoms. The van der Waals surface area contributed by atoms with Gasteiger partial charge < -0.3 is 5.73 Å². The van der Waals surface area contributed by atoms with Gasteiger partial charge in [-0.2, -0.15) is 4.31 Å². The third kappa shape index (κ3) is 4.23. The molecule has 0 radical (unpaired) electrons. The van der Waals surface area contributed by atoms with Crippen LogP contribution in [0.1, 0.15) is 0 Å². The summed E-state index contributed by atoms with van der Waals surface area (Å²) in [7, 11) is -6.02. The summed E-state index contributed by atoms with van der Waals surface area (Å²) in [5, 5.41) is -0.220. The molecular formula is C10H14Cl2N2O4S2. The Morgan fingerprint density at radius 1 is 1.15 bits per heavy atom. The van der Waals surface area contributed by atoms with Gasteiger partial charge in [0.15, 0.2) is 0 Å². The summed E-state index contributed by atoms with van der Waals surface area (Å²) in [6.07, 6.45) is 1.02. The lowest BCUT2D eigenvalue weighted by molar-refractivity contribution is 0.485. The maximum atomic E-state index is 12.3. The summed E-state index contributed by atoms with van der Waals surface area (Å²) < 4.78 is 47.7. The highest BCUT2D eigenvalue weighted by Crippen LogP contribution is 2.33. The first-order valence-corrected chi connectivity index (χ1v) is 9.59. The fourth-order valence-corrected chi connectivity index (χ4v) is 4.46. The molecule has 0 aliphatic carbocycles. The second-order valence-electron chi connectivity index (χ2n) is 4.27. The van der Waals surface area contributed by atoms with Crippen LogP contribution in [0.5, 0.6) is 0 Å². The van der Waals surface area contributed by atoms with Gasteiger partial charge in [0, 0.05) is 25.5 Å². The van der Waals surface area contributed by atoms with Crippen LogP contribution in [0.3, 0.4) is 0 Å².